The molecule has 0 saturated heterocycles. The van der Waals surface area contributed by atoms with E-state index in [-0.39, 0.29) is 5.78 Å². The molecule has 0 spiro atoms. The number of nitrogens with two attached hydrogens (primary N) is 1. The van der Waals surface area contributed by atoms with Crippen molar-refractivity contribution in [2.75, 3.05) is 0 Å². The van der Waals surface area contributed by atoms with Gasteiger partial charge in [-0.25, -0.2) is 0 Å². The smallest absolute Gasteiger partial charge is 0.248 e. The Hall–Kier alpha value is -2.62. The molecular weight excluding hydrogens is 266 g/mol. The molecule has 1 amide bonds. The molecule has 0 bridgehead atoms. The van der Waals surface area contributed by atoms with Crippen LogP contribution < -0.4 is 10.5 Å². The van der Waals surface area contributed by atoms with Crippen molar-refractivity contribution in [2.45, 2.75) is 20.0 Å². The molecule has 0 aromatic heterocycles. The van der Waals surface area contributed by atoms with Gasteiger partial charge in [-0.05, 0) is 38.1 Å². The molecule has 2 rings (SSSR count). The largest absolute Gasteiger partial charge is 0.483 e. The summed E-state index contributed by atoms with van der Waals surface area (Å²) in [6.07, 6.45) is -0.605. The summed E-state index contributed by atoms with van der Waals surface area (Å²) in [5.74, 6) is -0.0627. The lowest BCUT2D eigenvalue weighted by molar-refractivity contribution is 0.0817. The maximum atomic E-state index is 12.2. The molecule has 0 fully saturated rings. The second-order valence-electron chi connectivity index (χ2n) is 4.88. The Balaban J connectivity index is 2.06. The van der Waals surface area contributed by atoms with E-state index in [0.717, 1.165) is 5.56 Å². The van der Waals surface area contributed by atoms with Crippen LogP contribution in [0.15, 0.2) is 48.5 Å². The van der Waals surface area contributed by atoms with Crippen molar-refractivity contribution in [2.24, 2.45) is 5.73 Å². The molecule has 0 unspecified atom stereocenters. The minimum absolute atomic E-state index is 0.0889. The molecule has 0 radical (unpaired) electrons. The van der Waals surface area contributed by atoms with Crippen LogP contribution in [0.5, 0.6) is 5.75 Å². The Morgan fingerprint density at radius 3 is 2.00 bits per heavy atom. The second kappa shape index (κ2) is 6.22. The lowest BCUT2D eigenvalue weighted by Crippen LogP contribution is -2.24. The van der Waals surface area contributed by atoms with E-state index in [9.17, 15) is 9.59 Å². The predicted molar refractivity (Wildman–Crippen MR) is 80.6 cm³/mol. The summed E-state index contributed by atoms with van der Waals surface area (Å²) in [5.41, 5.74) is 7.28. The topological polar surface area (TPSA) is 69.4 Å². The number of ether oxygens (including phenoxy) is 1. The van der Waals surface area contributed by atoms with Gasteiger partial charge in [-0.1, -0.05) is 29.8 Å². The van der Waals surface area contributed by atoms with Gasteiger partial charge in [0.05, 0.1) is 0 Å². The molecule has 0 saturated carbocycles. The maximum absolute atomic E-state index is 12.2. The summed E-state index contributed by atoms with van der Waals surface area (Å²) >= 11 is 0. The summed E-state index contributed by atoms with van der Waals surface area (Å²) in [4.78, 5) is 23.2. The molecule has 1 atom stereocenters. The molecular formula is C17H17NO3. The minimum Gasteiger partial charge on any atom is -0.483 e. The number of Topliss-reactive ketones (excluding diaryl/α,β-unsaturated/α-hetero) is 1. The van der Waals surface area contributed by atoms with Gasteiger partial charge >= 0.3 is 0 Å². The van der Waals surface area contributed by atoms with E-state index in [2.05, 4.69) is 0 Å². The molecule has 0 aliphatic rings. The van der Waals surface area contributed by atoms with Crippen molar-refractivity contribution < 1.29 is 14.3 Å². The number of rotatable bonds is 5. The first kappa shape index (κ1) is 14.8. The van der Waals surface area contributed by atoms with Gasteiger partial charge in [0.25, 0.3) is 0 Å². The van der Waals surface area contributed by atoms with Crippen molar-refractivity contribution in [1.82, 2.24) is 0 Å². The molecule has 0 heterocycles. The van der Waals surface area contributed by atoms with Crippen molar-refractivity contribution in [3.05, 3.63) is 65.2 Å². The monoisotopic (exact) mass is 283 g/mol. The molecule has 2 aromatic carbocycles. The van der Waals surface area contributed by atoms with E-state index in [4.69, 9.17) is 10.5 Å². The van der Waals surface area contributed by atoms with Gasteiger partial charge in [0.2, 0.25) is 11.7 Å². The zero-order chi connectivity index (χ0) is 15.4. The molecule has 0 aliphatic heterocycles. The number of hydrogen-bond acceptors (Lipinski definition) is 3. The average molecular weight is 283 g/mol. The van der Waals surface area contributed by atoms with Gasteiger partial charge in [-0.15, -0.1) is 0 Å². The Bertz CT molecular complexity index is 645. The number of benzene rings is 2. The van der Waals surface area contributed by atoms with Crippen LogP contribution in [0, 0.1) is 6.92 Å². The number of ketones is 1. The molecule has 108 valence electrons. The van der Waals surface area contributed by atoms with Crippen LogP contribution in [0.4, 0.5) is 0 Å². The van der Waals surface area contributed by atoms with Crippen molar-refractivity contribution in [3.63, 3.8) is 0 Å². The second-order valence-corrected chi connectivity index (χ2v) is 4.88. The van der Waals surface area contributed by atoms with Gasteiger partial charge in [0, 0.05) is 11.1 Å². The lowest BCUT2D eigenvalue weighted by Gasteiger charge is -2.14. The number of aryl methyl sites for hydroxylation is 1. The van der Waals surface area contributed by atoms with Crippen molar-refractivity contribution >= 4 is 11.7 Å². The number of primary amides is 1. The molecule has 4 heteroatoms. The number of amides is 1. The first-order valence-corrected chi connectivity index (χ1v) is 6.65. The van der Waals surface area contributed by atoms with E-state index in [1.807, 2.05) is 19.1 Å². The Kier molecular flexibility index (Phi) is 4.38. The molecule has 0 aliphatic carbocycles. The maximum Gasteiger partial charge on any atom is 0.248 e. The third-order valence-electron chi connectivity index (χ3n) is 3.16. The van der Waals surface area contributed by atoms with Gasteiger partial charge in [-0.2, -0.15) is 0 Å². The highest BCUT2D eigenvalue weighted by atomic mass is 16.5. The first-order valence-electron chi connectivity index (χ1n) is 6.65. The Morgan fingerprint density at radius 1 is 0.952 bits per heavy atom. The third-order valence-corrected chi connectivity index (χ3v) is 3.16. The van der Waals surface area contributed by atoms with Crippen LogP contribution in [0.2, 0.25) is 0 Å². The molecule has 21 heavy (non-hydrogen) atoms. The molecule has 4 nitrogen and oxygen atoms in total. The van der Waals surface area contributed by atoms with Crippen LogP contribution in [-0.4, -0.2) is 17.8 Å². The standard InChI is InChI=1S/C17H17NO3/c1-11-3-5-13(6-4-11)16(19)12(2)21-15-9-7-14(8-10-15)17(18)20/h3-10,12H,1-2H3,(H2,18,20)/t12-/m0/s1. The van der Waals surface area contributed by atoms with Gasteiger partial charge in [-0.3, -0.25) is 9.59 Å². The summed E-state index contributed by atoms with van der Waals surface area (Å²) in [7, 11) is 0. The highest BCUT2D eigenvalue weighted by molar-refractivity contribution is 5.99. The summed E-state index contributed by atoms with van der Waals surface area (Å²) in [6.45, 7) is 3.67. The van der Waals surface area contributed by atoms with Crippen LogP contribution >= 0.6 is 0 Å². The summed E-state index contributed by atoms with van der Waals surface area (Å²) < 4.78 is 5.59. The van der Waals surface area contributed by atoms with Crippen molar-refractivity contribution in [3.8, 4) is 5.75 Å². The fourth-order valence-electron chi connectivity index (χ4n) is 1.91. The zero-order valence-corrected chi connectivity index (χ0v) is 12.0. The van der Waals surface area contributed by atoms with Crippen molar-refractivity contribution in [1.29, 1.82) is 0 Å². The Labute approximate surface area is 123 Å². The first-order chi connectivity index (χ1) is 9.97. The lowest BCUT2D eigenvalue weighted by atomic mass is 10.1. The SMILES string of the molecule is Cc1ccc(C(=O)[C@H](C)Oc2ccc(C(N)=O)cc2)cc1. The number of carbonyl (C=O) groups is 2. The van der Waals surface area contributed by atoms with Gasteiger partial charge in [0.15, 0.2) is 6.10 Å². The Morgan fingerprint density at radius 2 is 1.48 bits per heavy atom. The minimum atomic E-state index is -0.605. The molecule has 2 aromatic rings. The molecule has 2 N–H and O–H groups in total. The number of carbonyl (C=O) groups excluding carboxylic acids is 2. The van der Waals surface area contributed by atoms with E-state index < -0.39 is 12.0 Å². The van der Waals surface area contributed by atoms with E-state index in [0.29, 0.717) is 16.9 Å². The van der Waals surface area contributed by atoms with Crippen LogP contribution in [-0.2, 0) is 0 Å². The third kappa shape index (κ3) is 3.69. The quantitative estimate of drug-likeness (QED) is 0.858. The van der Waals surface area contributed by atoms with Crippen LogP contribution in [0.3, 0.4) is 0 Å². The van der Waals surface area contributed by atoms with Gasteiger partial charge in [0.1, 0.15) is 5.75 Å². The highest BCUT2D eigenvalue weighted by Crippen LogP contribution is 2.16. The van der Waals surface area contributed by atoms with E-state index in [1.54, 1.807) is 43.3 Å². The summed E-state index contributed by atoms with van der Waals surface area (Å²) in [5, 5.41) is 0. The van der Waals surface area contributed by atoms with E-state index >= 15 is 0 Å². The fraction of sp³-hybridized carbons (Fsp3) is 0.176. The van der Waals surface area contributed by atoms with E-state index in [1.165, 1.54) is 0 Å². The fourth-order valence-corrected chi connectivity index (χ4v) is 1.91. The number of hydrogen-bond donors (Lipinski definition) is 1. The normalized spacial score (nSPS) is 11.7. The zero-order valence-electron chi connectivity index (χ0n) is 12.0. The highest BCUT2D eigenvalue weighted by Gasteiger charge is 2.16. The predicted octanol–water partition coefficient (Wildman–Crippen LogP) is 2.74. The van der Waals surface area contributed by atoms with Crippen LogP contribution in [0.1, 0.15) is 33.2 Å². The average Bonchev–Trinajstić information content (AvgIpc) is 2.47. The van der Waals surface area contributed by atoms with Gasteiger partial charge < -0.3 is 10.5 Å². The summed E-state index contributed by atoms with van der Waals surface area (Å²) in [6, 6.07) is 13.7. The van der Waals surface area contributed by atoms with Crippen LogP contribution in [0.25, 0.3) is 0 Å².